The predicted octanol–water partition coefficient (Wildman–Crippen LogP) is 4.27. The van der Waals surface area contributed by atoms with Gasteiger partial charge >= 0.3 is 6.09 Å². The van der Waals surface area contributed by atoms with E-state index in [4.69, 9.17) is 26.3 Å². The van der Waals surface area contributed by atoms with Crippen LogP contribution >= 0.6 is 11.6 Å². The molecule has 24 heavy (non-hydrogen) atoms. The number of alkyl carbamates (subject to hydrolysis) is 1. The Kier molecular flexibility index (Phi) is 5.53. The van der Waals surface area contributed by atoms with Crippen LogP contribution in [0.4, 0.5) is 4.79 Å². The van der Waals surface area contributed by atoms with E-state index in [9.17, 15) is 4.79 Å². The number of nitrogens with one attached hydrogen (secondary N) is 1. The van der Waals surface area contributed by atoms with Crippen molar-refractivity contribution in [1.82, 2.24) is 5.32 Å². The molecule has 0 saturated carbocycles. The van der Waals surface area contributed by atoms with Crippen LogP contribution in [0.5, 0.6) is 5.75 Å². The first-order valence-corrected chi connectivity index (χ1v) is 7.90. The minimum absolute atomic E-state index is 0.265. The summed E-state index contributed by atoms with van der Waals surface area (Å²) >= 11 is 6.35. The summed E-state index contributed by atoms with van der Waals surface area (Å²) in [6, 6.07) is 11.0. The normalized spacial score (nSPS) is 11.0. The molecular weight excluding hydrogens is 328 g/mol. The fourth-order valence-electron chi connectivity index (χ4n) is 2.08. The molecule has 2 rings (SSSR count). The van der Waals surface area contributed by atoms with Gasteiger partial charge < -0.3 is 14.8 Å². The number of rotatable bonds is 4. The van der Waals surface area contributed by atoms with Crippen molar-refractivity contribution in [3.05, 3.63) is 40.9 Å². The van der Waals surface area contributed by atoms with Gasteiger partial charge in [-0.15, -0.1) is 0 Å². The molecule has 0 fully saturated rings. The molecule has 0 aliphatic rings. The largest absolute Gasteiger partial charge is 0.490 e. The van der Waals surface area contributed by atoms with Crippen LogP contribution in [0.25, 0.3) is 10.8 Å². The summed E-state index contributed by atoms with van der Waals surface area (Å²) in [7, 11) is 0. The highest BCUT2D eigenvalue weighted by atomic mass is 35.5. The van der Waals surface area contributed by atoms with Crippen LogP contribution in [0.15, 0.2) is 30.3 Å². The molecule has 0 unspecified atom stereocenters. The third-order valence-corrected chi connectivity index (χ3v) is 3.47. The van der Waals surface area contributed by atoms with Crippen LogP contribution in [0.1, 0.15) is 26.3 Å². The zero-order chi connectivity index (χ0) is 17.7. The molecule has 0 aromatic heterocycles. The second-order valence-electron chi connectivity index (χ2n) is 6.20. The smallest absolute Gasteiger partial charge is 0.407 e. The molecule has 5 nitrogen and oxygen atoms in total. The van der Waals surface area contributed by atoms with Gasteiger partial charge in [-0.05, 0) is 44.4 Å². The third kappa shape index (κ3) is 4.77. The number of ether oxygens (including phenoxy) is 2. The Labute approximate surface area is 146 Å². The molecule has 2 aromatic carbocycles. The summed E-state index contributed by atoms with van der Waals surface area (Å²) in [5.41, 5.74) is 0.0447. The summed E-state index contributed by atoms with van der Waals surface area (Å²) in [4.78, 5) is 11.5. The molecule has 1 N–H and O–H groups in total. The van der Waals surface area contributed by atoms with Gasteiger partial charge in [0.1, 0.15) is 18.0 Å². The molecule has 0 heterocycles. The number of halogens is 1. The zero-order valence-electron chi connectivity index (χ0n) is 13.9. The third-order valence-electron chi connectivity index (χ3n) is 3.08. The highest BCUT2D eigenvalue weighted by Crippen LogP contribution is 2.33. The van der Waals surface area contributed by atoms with Crippen molar-refractivity contribution in [2.24, 2.45) is 0 Å². The van der Waals surface area contributed by atoms with Gasteiger partial charge in [-0.2, -0.15) is 5.26 Å². The molecule has 2 aromatic rings. The SMILES string of the molecule is CC(C)(C)OC(=O)NCCOc1ccc2cc(C#N)ccc2c1Cl. The van der Waals surface area contributed by atoms with E-state index in [0.29, 0.717) is 22.9 Å². The Morgan fingerprint density at radius 1 is 1.29 bits per heavy atom. The van der Waals surface area contributed by atoms with Crippen LogP contribution in [-0.2, 0) is 4.74 Å². The Morgan fingerprint density at radius 2 is 2.04 bits per heavy atom. The Morgan fingerprint density at radius 3 is 2.71 bits per heavy atom. The van der Waals surface area contributed by atoms with E-state index in [1.807, 2.05) is 6.07 Å². The van der Waals surface area contributed by atoms with E-state index in [0.717, 1.165) is 10.8 Å². The van der Waals surface area contributed by atoms with Gasteiger partial charge in [-0.3, -0.25) is 0 Å². The monoisotopic (exact) mass is 346 g/mol. The second kappa shape index (κ2) is 7.41. The maximum absolute atomic E-state index is 11.5. The lowest BCUT2D eigenvalue weighted by Gasteiger charge is -2.19. The number of nitrogens with zero attached hydrogens (tertiary/aromatic N) is 1. The quantitative estimate of drug-likeness (QED) is 0.839. The Balaban J connectivity index is 1.95. The van der Waals surface area contributed by atoms with E-state index < -0.39 is 11.7 Å². The molecule has 0 atom stereocenters. The fourth-order valence-corrected chi connectivity index (χ4v) is 2.37. The number of benzene rings is 2. The summed E-state index contributed by atoms with van der Waals surface area (Å²) in [6.45, 7) is 5.97. The zero-order valence-corrected chi connectivity index (χ0v) is 14.6. The lowest BCUT2D eigenvalue weighted by Crippen LogP contribution is -2.34. The summed E-state index contributed by atoms with van der Waals surface area (Å²) < 4.78 is 10.7. The van der Waals surface area contributed by atoms with Crippen molar-refractivity contribution in [2.75, 3.05) is 13.2 Å². The molecule has 0 saturated heterocycles. The van der Waals surface area contributed by atoms with Gasteiger partial charge in [0.05, 0.1) is 23.2 Å². The van der Waals surface area contributed by atoms with Crippen molar-refractivity contribution in [2.45, 2.75) is 26.4 Å². The highest BCUT2D eigenvalue weighted by molar-refractivity contribution is 6.37. The molecule has 0 spiro atoms. The van der Waals surface area contributed by atoms with E-state index >= 15 is 0 Å². The number of hydrogen-bond acceptors (Lipinski definition) is 4. The molecule has 1 amide bonds. The lowest BCUT2D eigenvalue weighted by atomic mass is 10.1. The number of carbonyl (C=O) groups is 1. The number of nitriles is 1. The van der Waals surface area contributed by atoms with Crippen LogP contribution in [0.3, 0.4) is 0 Å². The van der Waals surface area contributed by atoms with Gasteiger partial charge in [-0.25, -0.2) is 4.79 Å². The van der Waals surface area contributed by atoms with Gasteiger partial charge in [0.15, 0.2) is 0 Å². The molecule has 6 heteroatoms. The summed E-state index contributed by atoms with van der Waals surface area (Å²) in [6.07, 6.45) is -0.486. The standard InChI is InChI=1S/C18H19ClN2O3/c1-18(2,3)24-17(22)21-8-9-23-15-7-5-13-10-12(11-20)4-6-14(13)16(15)19/h4-7,10H,8-9H2,1-3H3,(H,21,22). The first-order chi connectivity index (χ1) is 11.3. The Bertz CT molecular complexity index is 791. The maximum Gasteiger partial charge on any atom is 0.407 e. The topological polar surface area (TPSA) is 71.3 Å². The van der Waals surface area contributed by atoms with Crippen molar-refractivity contribution in [3.63, 3.8) is 0 Å². The first kappa shape index (κ1) is 17.9. The van der Waals surface area contributed by atoms with Crippen LogP contribution in [0.2, 0.25) is 5.02 Å². The molecule has 0 bridgehead atoms. The second-order valence-corrected chi connectivity index (χ2v) is 6.58. The minimum Gasteiger partial charge on any atom is -0.490 e. The predicted molar refractivity (Wildman–Crippen MR) is 93.4 cm³/mol. The summed E-state index contributed by atoms with van der Waals surface area (Å²) in [5.74, 6) is 0.528. The lowest BCUT2D eigenvalue weighted by molar-refractivity contribution is 0.0520. The van der Waals surface area contributed by atoms with Crippen LogP contribution < -0.4 is 10.1 Å². The minimum atomic E-state index is -0.533. The van der Waals surface area contributed by atoms with Crippen molar-refractivity contribution < 1.29 is 14.3 Å². The summed E-state index contributed by atoms with van der Waals surface area (Å²) in [5, 5.41) is 13.7. The van der Waals surface area contributed by atoms with Crippen LogP contribution in [0, 0.1) is 11.3 Å². The average molecular weight is 347 g/mol. The first-order valence-electron chi connectivity index (χ1n) is 7.52. The van der Waals surface area contributed by atoms with E-state index in [2.05, 4.69) is 11.4 Å². The number of fused-ring (bicyclic) bond motifs is 1. The van der Waals surface area contributed by atoms with Gasteiger partial charge in [-0.1, -0.05) is 23.7 Å². The molecule has 0 aliphatic carbocycles. The van der Waals surface area contributed by atoms with Crippen LogP contribution in [-0.4, -0.2) is 24.8 Å². The maximum atomic E-state index is 11.5. The molecule has 0 radical (unpaired) electrons. The van der Waals surface area contributed by atoms with E-state index in [1.165, 1.54) is 0 Å². The van der Waals surface area contributed by atoms with Gasteiger partial charge in [0.25, 0.3) is 0 Å². The van der Waals surface area contributed by atoms with E-state index in [1.54, 1.807) is 45.0 Å². The van der Waals surface area contributed by atoms with Crippen molar-refractivity contribution >= 4 is 28.5 Å². The highest BCUT2D eigenvalue weighted by Gasteiger charge is 2.15. The number of amides is 1. The fraction of sp³-hybridized carbons (Fsp3) is 0.333. The number of hydrogen-bond donors (Lipinski definition) is 1. The molecule has 126 valence electrons. The van der Waals surface area contributed by atoms with Gasteiger partial charge in [0.2, 0.25) is 0 Å². The molecule has 0 aliphatic heterocycles. The van der Waals surface area contributed by atoms with Crippen molar-refractivity contribution in [3.8, 4) is 11.8 Å². The number of carbonyl (C=O) groups excluding carboxylic acids is 1. The Hall–Kier alpha value is -2.45. The van der Waals surface area contributed by atoms with Gasteiger partial charge in [0, 0.05) is 5.39 Å². The molecular formula is C18H19ClN2O3. The van der Waals surface area contributed by atoms with E-state index in [-0.39, 0.29) is 6.61 Å². The average Bonchev–Trinajstić information content (AvgIpc) is 2.51. The van der Waals surface area contributed by atoms with Crippen molar-refractivity contribution in [1.29, 1.82) is 5.26 Å².